The maximum absolute atomic E-state index is 14.7. The summed E-state index contributed by atoms with van der Waals surface area (Å²) in [5, 5.41) is 11.0. The highest BCUT2D eigenvalue weighted by Gasteiger charge is 2.55. The summed E-state index contributed by atoms with van der Waals surface area (Å²) in [5.41, 5.74) is 0.781. The number of benzene rings is 3. The van der Waals surface area contributed by atoms with Crippen molar-refractivity contribution in [2.75, 3.05) is 17.1 Å². The molecule has 1 N–H and O–H groups in total. The Morgan fingerprint density at radius 2 is 1.75 bits per heavy atom. The summed E-state index contributed by atoms with van der Waals surface area (Å²) in [6, 6.07) is 19.9. The third-order valence-corrected chi connectivity index (χ3v) is 10.3. The maximum atomic E-state index is 14.7. The molecule has 1 heterocycles. The zero-order valence-electron chi connectivity index (χ0n) is 24.4. The van der Waals surface area contributed by atoms with E-state index >= 15 is 0 Å². The summed E-state index contributed by atoms with van der Waals surface area (Å²) in [6.45, 7) is 9.26. The van der Waals surface area contributed by atoms with Gasteiger partial charge in [0.15, 0.2) is 0 Å². The first-order chi connectivity index (χ1) is 20.8. The summed E-state index contributed by atoms with van der Waals surface area (Å²) in [5.74, 6) is -1.82. The molecule has 4 atom stereocenters. The molecular weight excluding hydrogens is 621 g/mol. The van der Waals surface area contributed by atoms with Crippen LogP contribution in [0.4, 0.5) is 11.4 Å². The van der Waals surface area contributed by atoms with Gasteiger partial charge in [-0.25, -0.2) is 13.3 Å². The summed E-state index contributed by atoms with van der Waals surface area (Å²) < 4.78 is 27.9. The number of para-hydroxylation sites is 2. The number of likely N-dealkylation sites (tertiary alicyclic amines) is 1. The Morgan fingerprint density at radius 1 is 1.07 bits per heavy atom. The molecule has 1 saturated heterocycles. The molecule has 0 bridgehead atoms. The molecule has 3 aromatic carbocycles. The SMILES string of the molecule is [C-]#[N+]c1ccccc1N(C[C@H](C1CC1)N1C(=O)[C@@](C)(CC(=O)O)C[C@H](c2cccc(Cl)c2)C1c1ccc(Cl)cc1)S(C)(=O)=O. The number of amides is 1. The van der Waals surface area contributed by atoms with Gasteiger partial charge < -0.3 is 10.0 Å². The molecule has 0 aromatic heterocycles. The van der Waals surface area contributed by atoms with Crippen LogP contribution in [0.25, 0.3) is 4.85 Å². The second kappa shape index (κ2) is 12.4. The highest BCUT2D eigenvalue weighted by Crippen LogP contribution is 2.54. The molecule has 2 aliphatic rings. The number of carboxylic acids is 1. The van der Waals surface area contributed by atoms with Crippen molar-refractivity contribution < 1.29 is 23.1 Å². The highest BCUT2D eigenvalue weighted by molar-refractivity contribution is 7.92. The number of rotatable bonds is 10. The average Bonchev–Trinajstić information content (AvgIpc) is 3.80. The normalized spacial score (nSPS) is 22.7. The van der Waals surface area contributed by atoms with Gasteiger partial charge in [-0.3, -0.25) is 13.9 Å². The highest BCUT2D eigenvalue weighted by atomic mass is 35.5. The molecule has 2 fully saturated rings. The summed E-state index contributed by atoms with van der Waals surface area (Å²) >= 11 is 12.7. The topological polar surface area (TPSA) is 99.3 Å². The standard InChI is InChI=1S/C33H33Cl2N3O5S/c1-33(19-30(39)40)18-26(23-7-6-8-25(35)17-23)31(22-13-15-24(34)16-14-22)38(32(33)41)29(21-11-12-21)20-37(44(3,42)43)28-10-5-4-9-27(28)36-2/h4-10,13-17,21,26,29,31H,11-12,18-20H2,1,3H3,(H,39,40)/t26-,29-,31?,33-/m1/s1. The number of nitrogens with zero attached hydrogens (tertiary/aromatic N) is 3. The molecule has 5 rings (SSSR count). The number of carboxylic acid groups (broad SMARTS) is 1. The Hall–Kier alpha value is -3.58. The minimum Gasteiger partial charge on any atom is -0.481 e. The predicted octanol–water partition coefficient (Wildman–Crippen LogP) is 7.33. The molecule has 0 spiro atoms. The van der Waals surface area contributed by atoms with E-state index in [9.17, 15) is 23.1 Å². The van der Waals surface area contributed by atoms with E-state index < -0.39 is 33.5 Å². The van der Waals surface area contributed by atoms with E-state index in [-0.39, 0.29) is 48.5 Å². The van der Waals surface area contributed by atoms with Gasteiger partial charge in [0.25, 0.3) is 0 Å². The van der Waals surface area contributed by atoms with Gasteiger partial charge in [-0.1, -0.05) is 72.6 Å². The van der Waals surface area contributed by atoms with E-state index in [2.05, 4.69) is 4.85 Å². The molecule has 1 unspecified atom stereocenters. The predicted molar refractivity (Wildman–Crippen MR) is 172 cm³/mol. The van der Waals surface area contributed by atoms with Gasteiger partial charge in [0, 0.05) is 16.0 Å². The third-order valence-electron chi connectivity index (χ3n) is 8.68. The number of hydrogen-bond acceptors (Lipinski definition) is 4. The van der Waals surface area contributed by atoms with Crippen molar-refractivity contribution in [2.45, 2.75) is 50.6 Å². The lowest BCUT2D eigenvalue weighted by Gasteiger charge is -2.52. The molecule has 230 valence electrons. The Balaban J connectivity index is 1.72. The van der Waals surface area contributed by atoms with E-state index in [0.29, 0.717) is 10.0 Å². The number of anilines is 1. The lowest BCUT2D eigenvalue weighted by atomic mass is 9.67. The van der Waals surface area contributed by atoms with Crippen LogP contribution < -0.4 is 4.31 Å². The van der Waals surface area contributed by atoms with E-state index in [4.69, 9.17) is 29.8 Å². The minimum atomic E-state index is -3.89. The monoisotopic (exact) mass is 653 g/mol. The van der Waals surface area contributed by atoms with Gasteiger partial charge in [0.1, 0.15) is 0 Å². The Morgan fingerprint density at radius 3 is 2.34 bits per heavy atom. The van der Waals surface area contributed by atoms with Gasteiger partial charge in [0.2, 0.25) is 21.6 Å². The number of sulfonamides is 1. The molecule has 0 radical (unpaired) electrons. The van der Waals surface area contributed by atoms with Crippen molar-refractivity contribution in [3.05, 3.63) is 105 Å². The second-order valence-electron chi connectivity index (χ2n) is 12.0. The summed E-state index contributed by atoms with van der Waals surface area (Å²) in [4.78, 5) is 32.2. The number of aliphatic carboxylic acids is 1. The van der Waals surface area contributed by atoms with Crippen molar-refractivity contribution >= 4 is 56.5 Å². The van der Waals surface area contributed by atoms with E-state index in [1.54, 1.807) is 54.3 Å². The van der Waals surface area contributed by atoms with Crippen molar-refractivity contribution in [2.24, 2.45) is 11.3 Å². The van der Waals surface area contributed by atoms with Crippen LogP contribution in [0.15, 0.2) is 72.8 Å². The molecule has 1 saturated carbocycles. The zero-order valence-corrected chi connectivity index (χ0v) is 26.7. The van der Waals surface area contributed by atoms with Gasteiger partial charge >= 0.3 is 5.97 Å². The van der Waals surface area contributed by atoms with Crippen molar-refractivity contribution in [1.29, 1.82) is 0 Å². The van der Waals surface area contributed by atoms with Crippen LogP contribution >= 0.6 is 23.2 Å². The molecule has 44 heavy (non-hydrogen) atoms. The molecule has 1 aliphatic heterocycles. The van der Waals surface area contributed by atoms with E-state index in [1.165, 1.54) is 4.31 Å². The van der Waals surface area contributed by atoms with Crippen molar-refractivity contribution in [3.63, 3.8) is 0 Å². The maximum Gasteiger partial charge on any atom is 0.304 e. The van der Waals surface area contributed by atoms with Gasteiger partial charge in [-0.05, 0) is 66.6 Å². The summed E-state index contributed by atoms with van der Waals surface area (Å²) in [7, 11) is -3.89. The first-order valence-electron chi connectivity index (χ1n) is 14.3. The molecule has 1 aliphatic carbocycles. The molecular formula is C33H33Cl2N3O5S. The van der Waals surface area contributed by atoms with Crippen LogP contribution in [0.3, 0.4) is 0 Å². The van der Waals surface area contributed by atoms with Crippen LogP contribution in [0.5, 0.6) is 0 Å². The quantitative estimate of drug-likeness (QED) is 0.231. The van der Waals surface area contributed by atoms with Gasteiger partial charge in [0.05, 0.1) is 49.0 Å². The number of piperidine rings is 1. The van der Waals surface area contributed by atoms with Crippen LogP contribution in [-0.4, -0.2) is 49.1 Å². The van der Waals surface area contributed by atoms with Gasteiger partial charge in [-0.2, -0.15) is 0 Å². The number of carbonyl (C=O) groups excluding carboxylic acids is 1. The van der Waals surface area contributed by atoms with Crippen molar-refractivity contribution in [1.82, 2.24) is 4.90 Å². The fourth-order valence-corrected chi connectivity index (χ4v) is 7.80. The third kappa shape index (κ3) is 6.58. The van der Waals surface area contributed by atoms with E-state index in [1.807, 2.05) is 30.3 Å². The summed E-state index contributed by atoms with van der Waals surface area (Å²) in [6.07, 6.45) is 2.51. The molecule has 3 aromatic rings. The zero-order chi connectivity index (χ0) is 31.8. The molecule has 1 amide bonds. The molecule has 11 heteroatoms. The largest absolute Gasteiger partial charge is 0.481 e. The Bertz CT molecular complexity index is 1720. The number of halogens is 2. The number of carbonyl (C=O) groups is 2. The van der Waals surface area contributed by atoms with Crippen LogP contribution in [0.1, 0.15) is 55.7 Å². The smallest absolute Gasteiger partial charge is 0.304 e. The van der Waals surface area contributed by atoms with Gasteiger partial charge in [-0.15, -0.1) is 0 Å². The second-order valence-corrected chi connectivity index (χ2v) is 14.8. The van der Waals surface area contributed by atoms with Crippen LogP contribution in [-0.2, 0) is 19.6 Å². The fourth-order valence-electron chi connectivity index (χ4n) is 6.54. The lowest BCUT2D eigenvalue weighted by molar-refractivity contribution is -0.160. The van der Waals surface area contributed by atoms with Crippen LogP contribution in [0, 0.1) is 17.9 Å². The molecule has 8 nitrogen and oxygen atoms in total. The first kappa shape index (κ1) is 31.8. The Kier molecular flexibility index (Phi) is 8.99. The van der Waals surface area contributed by atoms with Crippen LogP contribution in [0.2, 0.25) is 10.0 Å². The average molecular weight is 655 g/mol. The van der Waals surface area contributed by atoms with E-state index in [0.717, 1.165) is 30.2 Å². The fraction of sp³-hybridized carbons (Fsp3) is 0.364. The van der Waals surface area contributed by atoms with Crippen molar-refractivity contribution in [3.8, 4) is 0 Å². The Labute approximate surface area is 268 Å². The lowest BCUT2D eigenvalue weighted by Crippen LogP contribution is -2.59. The number of hydrogen-bond donors (Lipinski definition) is 1. The minimum absolute atomic E-state index is 0.0229. The first-order valence-corrected chi connectivity index (χ1v) is 16.9.